The van der Waals surface area contributed by atoms with Crippen molar-refractivity contribution in [1.29, 1.82) is 0 Å². The van der Waals surface area contributed by atoms with Crippen molar-refractivity contribution in [3.8, 4) is 0 Å². The van der Waals surface area contributed by atoms with Crippen molar-refractivity contribution in [3.05, 3.63) is 0 Å². The molecule has 0 spiro atoms. The second-order valence-corrected chi connectivity index (χ2v) is 6.66. The molecule has 2 heterocycles. The van der Waals surface area contributed by atoms with Gasteiger partial charge in [-0.2, -0.15) is 0 Å². The summed E-state index contributed by atoms with van der Waals surface area (Å²) in [5, 5.41) is 6.23. The van der Waals surface area contributed by atoms with Gasteiger partial charge in [0.05, 0.1) is 12.0 Å². The largest absolute Gasteiger partial charge is 0.377 e. The molecule has 19 heavy (non-hydrogen) atoms. The van der Waals surface area contributed by atoms with Gasteiger partial charge in [-0.3, -0.25) is 4.79 Å². The predicted octanol–water partition coefficient (Wildman–Crippen LogP) is 1.59. The highest BCUT2D eigenvalue weighted by atomic mass is 35.5. The summed E-state index contributed by atoms with van der Waals surface area (Å²) in [6, 6.07) is 0. The maximum Gasteiger partial charge on any atom is 0.225 e. The SMILES string of the molecule is CC(C)(C)C1OCCCC1CNC(=O)C1CNC1.Cl. The molecule has 2 aliphatic heterocycles. The Balaban J connectivity index is 0.00000180. The molecule has 0 saturated carbocycles. The van der Waals surface area contributed by atoms with Crippen LogP contribution in [0.1, 0.15) is 33.6 Å². The fourth-order valence-electron chi connectivity index (χ4n) is 2.86. The van der Waals surface area contributed by atoms with E-state index in [1.165, 1.54) is 0 Å². The topological polar surface area (TPSA) is 50.4 Å². The Bertz CT molecular complexity index is 300. The first-order valence-corrected chi connectivity index (χ1v) is 7.08. The van der Waals surface area contributed by atoms with Gasteiger partial charge in [-0.1, -0.05) is 20.8 Å². The standard InChI is InChI=1S/C14H26N2O2.ClH/c1-14(2,3)12-10(5-4-6-18-12)9-16-13(17)11-7-15-8-11;/h10-12,15H,4-9H2,1-3H3,(H,16,17);1H. The van der Waals surface area contributed by atoms with Gasteiger partial charge in [-0.15, -0.1) is 12.4 Å². The van der Waals surface area contributed by atoms with Crippen LogP contribution in [0, 0.1) is 17.3 Å². The van der Waals surface area contributed by atoms with Crippen LogP contribution < -0.4 is 10.6 Å². The first kappa shape index (κ1) is 16.7. The first-order valence-electron chi connectivity index (χ1n) is 7.08. The molecule has 0 bridgehead atoms. The van der Waals surface area contributed by atoms with E-state index < -0.39 is 0 Å². The number of rotatable bonds is 3. The summed E-state index contributed by atoms with van der Waals surface area (Å²) in [4.78, 5) is 11.8. The van der Waals surface area contributed by atoms with E-state index >= 15 is 0 Å². The lowest BCUT2D eigenvalue weighted by molar-refractivity contribution is -0.128. The summed E-state index contributed by atoms with van der Waals surface area (Å²) < 4.78 is 5.92. The molecule has 2 N–H and O–H groups in total. The molecule has 2 aliphatic rings. The number of nitrogens with one attached hydrogen (secondary N) is 2. The van der Waals surface area contributed by atoms with Crippen molar-refractivity contribution in [2.75, 3.05) is 26.2 Å². The highest BCUT2D eigenvalue weighted by Crippen LogP contribution is 2.33. The van der Waals surface area contributed by atoms with Crippen LogP contribution >= 0.6 is 12.4 Å². The molecule has 2 rings (SSSR count). The smallest absolute Gasteiger partial charge is 0.225 e. The summed E-state index contributed by atoms with van der Waals surface area (Å²) in [6.07, 6.45) is 2.52. The predicted molar refractivity (Wildman–Crippen MR) is 78.5 cm³/mol. The molecule has 2 atom stereocenters. The Morgan fingerprint density at radius 3 is 2.58 bits per heavy atom. The Labute approximate surface area is 122 Å². The Morgan fingerprint density at radius 2 is 2.05 bits per heavy atom. The van der Waals surface area contributed by atoms with Crippen LogP contribution in [0.15, 0.2) is 0 Å². The van der Waals surface area contributed by atoms with Crippen LogP contribution in [0.25, 0.3) is 0 Å². The number of amides is 1. The minimum Gasteiger partial charge on any atom is -0.377 e. The van der Waals surface area contributed by atoms with E-state index in [0.717, 1.165) is 39.1 Å². The third-order valence-corrected chi connectivity index (χ3v) is 3.99. The Morgan fingerprint density at radius 1 is 1.37 bits per heavy atom. The molecule has 112 valence electrons. The van der Waals surface area contributed by atoms with Crippen molar-refractivity contribution in [2.24, 2.45) is 17.3 Å². The number of ether oxygens (including phenoxy) is 1. The van der Waals surface area contributed by atoms with E-state index in [4.69, 9.17) is 4.74 Å². The minimum atomic E-state index is 0. The lowest BCUT2D eigenvalue weighted by Gasteiger charge is -2.40. The molecule has 2 fully saturated rings. The van der Waals surface area contributed by atoms with E-state index in [1.807, 2.05) is 0 Å². The van der Waals surface area contributed by atoms with Gasteiger partial charge in [-0.05, 0) is 18.3 Å². The van der Waals surface area contributed by atoms with Crippen molar-refractivity contribution < 1.29 is 9.53 Å². The van der Waals surface area contributed by atoms with Gasteiger partial charge in [0.1, 0.15) is 0 Å². The Kier molecular flexibility index (Phi) is 6.09. The highest BCUT2D eigenvalue weighted by molar-refractivity contribution is 5.85. The van der Waals surface area contributed by atoms with E-state index in [9.17, 15) is 4.79 Å². The first-order chi connectivity index (χ1) is 8.48. The average molecular weight is 291 g/mol. The van der Waals surface area contributed by atoms with Crippen LogP contribution in [-0.2, 0) is 9.53 Å². The molecule has 1 amide bonds. The summed E-state index contributed by atoms with van der Waals surface area (Å²) >= 11 is 0. The monoisotopic (exact) mass is 290 g/mol. The molecule has 2 unspecified atom stereocenters. The summed E-state index contributed by atoms with van der Waals surface area (Å²) in [5.41, 5.74) is 0.147. The van der Waals surface area contributed by atoms with Crippen molar-refractivity contribution in [2.45, 2.75) is 39.7 Å². The van der Waals surface area contributed by atoms with Gasteiger partial charge in [0.15, 0.2) is 0 Å². The van der Waals surface area contributed by atoms with Gasteiger partial charge in [0.2, 0.25) is 5.91 Å². The van der Waals surface area contributed by atoms with Crippen LogP contribution in [0.3, 0.4) is 0 Å². The number of carbonyl (C=O) groups excluding carboxylic acids is 1. The summed E-state index contributed by atoms with van der Waals surface area (Å²) in [6.45, 7) is 9.93. The van der Waals surface area contributed by atoms with E-state index in [2.05, 4.69) is 31.4 Å². The molecule has 2 saturated heterocycles. The summed E-state index contributed by atoms with van der Waals surface area (Å²) in [5.74, 6) is 0.838. The molecule has 0 aliphatic carbocycles. The maximum absolute atomic E-state index is 11.8. The van der Waals surface area contributed by atoms with Crippen molar-refractivity contribution in [1.82, 2.24) is 10.6 Å². The third-order valence-electron chi connectivity index (χ3n) is 3.99. The number of carbonyl (C=O) groups is 1. The maximum atomic E-state index is 11.8. The van der Waals surface area contributed by atoms with Crippen LogP contribution in [-0.4, -0.2) is 38.3 Å². The second kappa shape index (κ2) is 6.91. The lowest BCUT2D eigenvalue weighted by atomic mass is 9.78. The van der Waals surface area contributed by atoms with E-state index in [1.54, 1.807) is 0 Å². The average Bonchev–Trinajstić information content (AvgIpc) is 2.23. The fourth-order valence-corrected chi connectivity index (χ4v) is 2.86. The third kappa shape index (κ3) is 4.33. The van der Waals surface area contributed by atoms with Gasteiger partial charge in [-0.25, -0.2) is 0 Å². The molecule has 0 aromatic heterocycles. The zero-order valence-electron chi connectivity index (χ0n) is 12.2. The van der Waals surface area contributed by atoms with Crippen molar-refractivity contribution in [3.63, 3.8) is 0 Å². The number of hydrogen-bond donors (Lipinski definition) is 2. The van der Waals surface area contributed by atoms with Gasteiger partial charge in [0.25, 0.3) is 0 Å². The molecule has 0 radical (unpaired) electrons. The number of hydrogen-bond acceptors (Lipinski definition) is 3. The lowest BCUT2D eigenvalue weighted by Crippen LogP contribution is -2.52. The van der Waals surface area contributed by atoms with Gasteiger partial charge >= 0.3 is 0 Å². The molecule has 4 nitrogen and oxygen atoms in total. The fraction of sp³-hybridized carbons (Fsp3) is 0.929. The van der Waals surface area contributed by atoms with E-state index in [-0.39, 0.29) is 35.8 Å². The quantitative estimate of drug-likeness (QED) is 0.830. The van der Waals surface area contributed by atoms with Gasteiger partial charge < -0.3 is 15.4 Å². The summed E-state index contributed by atoms with van der Waals surface area (Å²) in [7, 11) is 0. The molecule has 0 aromatic carbocycles. The zero-order chi connectivity index (χ0) is 13.2. The van der Waals surface area contributed by atoms with Gasteiger partial charge in [0, 0.05) is 32.2 Å². The van der Waals surface area contributed by atoms with Crippen LogP contribution in [0.2, 0.25) is 0 Å². The van der Waals surface area contributed by atoms with E-state index in [0.29, 0.717) is 5.92 Å². The molecule has 0 aromatic rings. The zero-order valence-corrected chi connectivity index (χ0v) is 13.0. The number of halogens is 1. The van der Waals surface area contributed by atoms with Crippen LogP contribution in [0.5, 0.6) is 0 Å². The molecular formula is C14H27ClN2O2. The minimum absolute atomic E-state index is 0. The van der Waals surface area contributed by atoms with Crippen molar-refractivity contribution >= 4 is 18.3 Å². The normalized spacial score (nSPS) is 28.2. The highest BCUT2D eigenvalue weighted by Gasteiger charge is 2.36. The van der Waals surface area contributed by atoms with Crippen LogP contribution in [0.4, 0.5) is 0 Å². The Hall–Kier alpha value is -0.320. The molecule has 5 heteroatoms. The second-order valence-electron chi connectivity index (χ2n) is 6.66. The molecular weight excluding hydrogens is 264 g/mol.